The monoisotopic (exact) mass is 474 g/mol. The van der Waals surface area contributed by atoms with Crippen molar-refractivity contribution in [2.45, 2.75) is 59.7 Å². The molecule has 0 fully saturated rings. The Morgan fingerprint density at radius 1 is 0.686 bits per heavy atom. The molecule has 2 atom stereocenters. The highest BCUT2D eigenvalue weighted by Gasteiger charge is 2.22. The third kappa shape index (κ3) is 6.85. The third-order valence-electron chi connectivity index (χ3n) is 5.82. The van der Waals surface area contributed by atoms with E-state index in [4.69, 9.17) is 9.47 Å². The lowest BCUT2D eigenvalue weighted by molar-refractivity contribution is -0.123. The number of hydrogen-bond donors (Lipinski definition) is 2. The smallest absolute Gasteiger partial charge is 0.265 e. The van der Waals surface area contributed by atoms with E-state index < -0.39 is 12.2 Å². The van der Waals surface area contributed by atoms with Gasteiger partial charge in [-0.1, -0.05) is 56.3 Å². The minimum absolute atomic E-state index is 0.239. The minimum Gasteiger partial charge on any atom is -0.480 e. The average molecular weight is 475 g/mol. The number of hydrogen-bond acceptors (Lipinski definition) is 4. The Balaban J connectivity index is 1.69. The fraction of sp³-hybridized carbons (Fsp3) is 0.310. The molecule has 0 aliphatic heterocycles. The lowest BCUT2D eigenvalue weighted by atomic mass is 10.1. The van der Waals surface area contributed by atoms with Gasteiger partial charge in [-0.15, -0.1) is 0 Å². The Morgan fingerprint density at radius 3 is 1.66 bits per heavy atom. The van der Waals surface area contributed by atoms with Crippen LogP contribution in [0, 0.1) is 20.8 Å². The van der Waals surface area contributed by atoms with Gasteiger partial charge in [0.15, 0.2) is 12.2 Å². The van der Waals surface area contributed by atoms with Gasteiger partial charge in [0.1, 0.15) is 11.5 Å². The topological polar surface area (TPSA) is 76.7 Å². The standard InChI is InChI=1S/C29H34N2O4/c1-6-24(34-26-14-10-8-12-20(26)4)28(32)30-22-17-16-19(3)23(18-22)31-29(33)25(7-2)35-27-15-11-9-13-21(27)5/h8-18,24-25H,6-7H2,1-5H3,(H,30,32)(H,31,33). The van der Waals surface area contributed by atoms with Gasteiger partial charge < -0.3 is 20.1 Å². The van der Waals surface area contributed by atoms with Crippen molar-refractivity contribution in [1.29, 1.82) is 0 Å². The van der Waals surface area contributed by atoms with Crippen LogP contribution >= 0.6 is 0 Å². The molecule has 0 aliphatic rings. The molecule has 3 rings (SSSR count). The summed E-state index contributed by atoms with van der Waals surface area (Å²) in [5.74, 6) is 0.889. The zero-order valence-corrected chi connectivity index (χ0v) is 21.1. The number of amides is 2. The van der Waals surface area contributed by atoms with Crippen LogP contribution in [0.3, 0.4) is 0 Å². The predicted octanol–water partition coefficient (Wildman–Crippen LogP) is 6.20. The molecule has 35 heavy (non-hydrogen) atoms. The molecule has 0 bridgehead atoms. The van der Waals surface area contributed by atoms with E-state index in [9.17, 15) is 9.59 Å². The molecule has 0 saturated heterocycles. The highest BCUT2D eigenvalue weighted by atomic mass is 16.5. The number of nitrogens with one attached hydrogen (secondary N) is 2. The highest BCUT2D eigenvalue weighted by Crippen LogP contribution is 2.24. The SMILES string of the molecule is CCC(Oc1ccccc1C)C(=O)Nc1ccc(C)c(NC(=O)C(CC)Oc2ccccc2C)c1. The molecule has 2 unspecified atom stereocenters. The van der Waals surface area contributed by atoms with E-state index >= 15 is 0 Å². The number of aryl methyl sites for hydroxylation is 3. The number of para-hydroxylation sites is 2. The van der Waals surface area contributed by atoms with E-state index in [1.165, 1.54) is 0 Å². The summed E-state index contributed by atoms with van der Waals surface area (Å²) >= 11 is 0. The molecule has 3 aromatic rings. The van der Waals surface area contributed by atoms with Gasteiger partial charge in [-0.05, 0) is 74.6 Å². The molecule has 0 saturated carbocycles. The summed E-state index contributed by atoms with van der Waals surface area (Å²) in [4.78, 5) is 25.9. The van der Waals surface area contributed by atoms with Crippen molar-refractivity contribution >= 4 is 23.2 Å². The first-order chi connectivity index (χ1) is 16.8. The summed E-state index contributed by atoms with van der Waals surface area (Å²) in [5.41, 5.74) is 4.02. The van der Waals surface area contributed by atoms with E-state index in [0.29, 0.717) is 35.7 Å². The number of carbonyl (C=O) groups excluding carboxylic acids is 2. The van der Waals surface area contributed by atoms with Crippen LogP contribution in [0.25, 0.3) is 0 Å². The second-order valence-corrected chi connectivity index (χ2v) is 8.57. The van der Waals surface area contributed by atoms with Crippen LogP contribution in [0.15, 0.2) is 66.7 Å². The second kappa shape index (κ2) is 12.1. The molecule has 184 valence electrons. The molecule has 0 radical (unpaired) electrons. The Hall–Kier alpha value is -3.80. The van der Waals surface area contributed by atoms with Crippen molar-refractivity contribution in [1.82, 2.24) is 0 Å². The van der Waals surface area contributed by atoms with Gasteiger partial charge in [0.05, 0.1) is 0 Å². The van der Waals surface area contributed by atoms with Gasteiger partial charge >= 0.3 is 0 Å². The Bertz CT molecular complexity index is 1170. The van der Waals surface area contributed by atoms with Crippen LogP contribution in [0.2, 0.25) is 0 Å². The molecule has 6 nitrogen and oxygen atoms in total. The predicted molar refractivity (Wildman–Crippen MR) is 140 cm³/mol. The van der Waals surface area contributed by atoms with Crippen LogP contribution in [0.5, 0.6) is 11.5 Å². The van der Waals surface area contributed by atoms with Crippen molar-refractivity contribution in [2.75, 3.05) is 10.6 Å². The minimum atomic E-state index is -0.638. The maximum Gasteiger partial charge on any atom is 0.265 e. The van der Waals surface area contributed by atoms with Crippen LogP contribution in [0.4, 0.5) is 11.4 Å². The van der Waals surface area contributed by atoms with E-state index in [0.717, 1.165) is 16.7 Å². The number of anilines is 2. The molecule has 2 amide bonds. The van der Waals surface area contributed by atoms with E-state index in [1.54, 1.807) is 6.07 Å². The van der Waals surface area contributed by atoms with Crippen LogP contribution < -0.4 is 20.1 Å². The molecule has 0 spiro atoms. The van der Waals surface area contributed by atoms with Crippen LogP contribution in [0.1, 0.15) is 43.4 Å². The van der Waals surface area contributed by atoms with Crippen molar-refractivity contribution in [3.05, 3.63) is 83.4 Å². The number of carbonyl (C=O) groups is 2. The zero-order valence-electron chi connectivity index (χ0n) is 21.1. The summed E-state index contributed by atoms with van der Waals surface area (Å²) < 4.78 is 11.9. The fourth-order valence-electron chi connectivity index (χ4n) is 3.60. The summed E-state index contributed by atoms with van der Waals surface area (Å²) in [5, 5.41) is 5.88. The second-order valence-electron chi connectivity index (χ2n) is 8.57. The third-order valence-corrected chi connectivity index (χ3v) is 5.82. The van der Waals surface area contributed by atoms with Gasteiger partial charge in [-0.25, -0.2) is 0 Å². The van der Waals surface area contributed by atoms with E-state index in [-0.39, 0.29) is 11.8 Å². The fourth-order valence-corrected chi connectivity index (χ4v) is 3.60. The summed E-state index contributed by atoms with van der Waals surface area (Å²) in [6.07, 6.45) is -0.239. The van der Waals surface area contributed by atoms with Crippen molar-refractivity contribution in [2.24, 2.45) is 0 Å². The van der Waals surface area contributed by atoms with Crippen LogP contribution in [-0.4, -0.2) is 24.0 Å². The zero-order chi connectivity index (χ0) is 25.4. The molecule has 3 aromatic carbocycles. The number of benzene rings is 3. The first kappa shape index (κ1) is 25.8. The number of rotatable bonds is 10. The molecule has 0 aromatic heterocycles. The normalized spacial score (nSPS) is 12.4. The first-order valence-corrected chi connectivity index (χ1v) is 12.0. The van der Waals surface area contributed by atoms with Crippen molar-refractivity contribution < 1.29 is 19.1 Å². The average Bonchev–Trinajstić information content (AvgIpc) is 2.85. The Labute approximate surface area is 207 Å². The summed E-state index contributed by atoms with van der Waals surface area (Å²) in [7, 11) is 0. The molecule has 6 heteroatoms. The Morgan fingerprint density at radius 2 is 1.17 bits per heavy atom. The van der Waals surface area contributed by atoms with Crippen LogP contribution in [-0.2, 0) is 9.59 Å². The molecular formula is C29H34N2O4. The summed E-state index contributed by atoms with van der Waals surface area (Å²) in [6.45, 7) is 9.61. The highest BCUT2D eigenvalue weighted by molar-refractivity contribution is 5.98. The molecule has 0 aliphatic carbocycles. The molecule has 2 N–H and O–H groups in total. The van der Waals surface area contributed by atoms with Crippen molar-refractivity contribution in [3.63, 3.8) is 0 Å². The summed E-state index contributed by atoms with van der Waals surface area (Å²) in [6, 6.07) is 20.7. The lowest BCUT2D eigenvalue weighted by Gasteiger charge is -2.20. The van der Waals surface area contributed by atoms with Gasteiger partial charge in [-0.2, -0.15) is 0 Å². The Kier molecular flexibility index (Phi) is 8.90. The van der Waals surface area contributed by atoms with Crippen molar-refractivity contribution in [3.8, 4) is 11.5 Å². The van der Waals surface area contributed by atoms with Gasteiger partial charge in [0.2, 0.25) is 0 Å². The lowest BCUT2D eigenvalue weighted by Crippen LogP contribution is -2.33. The quantitative estimate of drug-likeness (QED) is 0.367. The van der Waals surface area contributed by atoms with E-state index in [2.05, 4.69) is 10.6 Å². The van der Waals surface area contributed by atoms with Gasteiger partial charge in [0, 0.05) is 11.4 Å². The molecular weight excluding hydrogens is 440 g/mol. The molecule has 0 heterocycles. The maximum atomic E-state index is 13.0. The maximum absolute atomic E-state index is 13.0. The largest absolute Gasteiger partial charge is 0.480 e. The first-order valence-electron chi connectivity index (χ1n) is 12.0. The number of ether oxygens (including phenoxy) is 2. The van der Waals surface area contributed by atoms with E-state index in [1.807, 2.05) is 95.3 Å². The van der Waals surface area contributed by atoms with Gasteiger partial charge in [0.25, 0.3) is 11.8 Å². The van der Waals surface area contributed by atoms with Gasteiger partial charge in [-0.3, -0.25) is 9.59 Å².